The minimum absolute atomic E-state index is 0.0716. The third-order valence-electron chi connectivity index (χ3n) is 3.83. The molecule has 1 atom stereocenters. The maximum atomic E-state index is 13.0. The summed E-state index contributed by atoms with van der Waals surface area (Å²) in [5.74, 6) is -1.70. The van der Waals surface area contributed by atoms with Crippen LogP contribution in [0.1, 0.15) is 32.3 Å². The van der Waals surface area contributed by atoms with Gasteiger partial charge in [0.25, 0.3) is 0 Å². The van der Waals surface area contributed by atoms with Crippen LogP contribution in [-0.4, -0.2) is 10.7 Å². The molecule has 0 radical (unpaired) electrons. The molecule has 1 N–H and O–H groups in total. The van der Waals surface area contributed by atoms with E-state index in [1.165, 1.54) is 6.07 Å². The first-order valence-corrected chi connectivity index (χ1v) is 5.50. The summed E-state index contributed by atoms with van der Waals surface area (Å²) in [6.07, 6.45) is 2.34. The molecule has 0 aromatic heterocycles. The summed E-state index contributed by atoms with van der Waals surface area (Å²) in [5, 5.41) is 10.3. The fourth-order valence-corrected chi connectivity index (χ4v) is 1.99. The highest BCUT2D eigenvalue weighted by Crippen LogP contribution is 2.54. The number of aliphatic hydroxyl groups is 1. The summed E-state index contributed by atoms with van der Waals surface area (Å²) in [5.41, 5.74) is -0.285. The first-order chi connectivity index (χ1) is 7.34. The van der Waals surface area contributed by atoms with Crippen molar-refractivity contribution in [3.05, 3.63) is 35.4 Å². The van der Waals surface area contributed by atoms with E-state index in [-0.39, 0.29) is 5.41 Å². The summed E-state index contributed by atoms with van der Waals surface area (Å²) < 4.78 is 25.8. The first-order valence-electron chi connectivity index (χ1n) is 5.50. The Morgan fingerprint density at radius 1 is 1.31 bits per heavy atom. The van der Waals surface area contributed by atoms with Crippen LogP contribution in [0.2, 0.25) is 0 Å². The van der Waals surface area contributed by atoms with Gasteiger partial charge in [-0.15, -0.1) is 0 Å². The summed E-state index contributed by atoms with van der Waals surface area (Å²) in [4.78, 5) is 0. The first kappa shape index (κ1) is 11.5. The van der Waals surface area contributed by atoms with Crippen molar-refractivity contribution in [2.45, 2.75) is 38.7 Å². The monoisotopic (exact) mass is 226 g/mol. The predicted octanol–water partition coefficient (Wildman–Crippen LogP) is 3.06. The average molecular weight is 226 g/mol. The van der Waals surface area contributed by atoms with E-state index in [1.54, 1.807) is 6.92 Å². The van der Waals surface area contributed by atoms with Crippen LogP contribution in [0.3, 0.4) is 0 Å². The lowest BCUT2D eigenvalue weighted by molar-refractivity contribution is -0.00708. The maximum absolute atomic E-state index is 13.0. The molecule has 0 heterocycles. The molecule has 0 aliphatic heterocycles. The van der Waals surface area contributed by atoms with Gasteiger partial charge in [0.2, 0.25) is 0 Å². The van der Waals surface area contributed by atoms with Crippen LogP contribution in [0, 0.1) is 17.0 Å². The number of halogens is 2. The van der Waals surface area contributed by atoms with Gasteiger partial charge in [0.15, 0.2) is 11.6 Å². The van der Waals surface area contributed by atoms with Crippen molar-refractivity contribution in [3.63, 3.8) is 0 Å². The minimum Gasteiger partial charge on any atom is -0.389 e. The second-order valence-corrected chi connectivity index (χ2v) is 5.26. The zero-order chi connectivity index (χ0) is 12.0. The smallest absolute Gasteiger partial charge is 0.159 e. The molecule has 1 unspecified atom stereocenters. The van der Waals surface area contributed by atoms with Gasteiger partial charge >= 0.3 is 0 Å². The zero-order valence-corrected chi connectivity index (χ0v) is 9.56. The number of hydrogen-bond donors (Lipinski definition) is 1. The third-order valence-corrected chi connectivity index (χ3v) is 3.83. The molecule has 0 amide bonds. The van der Waals surface area contributed by atoms with Crippen LogP contribution in [-0.2, 0) is 6.42 Å². The Kier molecular flexibility index (Phi) is 2.54. The molecule has 1 aliphatic rings. The van der Waals surface area contributed by atoms with E-state index in [0.717, 1.165) is 25.0 Å². The Labute approximate surface area is 94.1 Å². The molecule has 1 aromatic rings. The minimum atomic E-state index is -0.853. The third kappa shape index (κ3) is 1.96. The van der Waals surface area contributed by atoms with Crippen molar-refractivity contribution in [2.24, 2.45) is 5.41 Å². The molecule has 2 rings (SSSR count). The second kappa shape index (κ2) is 3.52. The van der Waals surface area contributed by atoms with Crippen LogP contribution in [0.4, 0.5) is 8.78 Å². The van der Waals surface area contributed by atoms with Crippen LogP contribution < -0.4 is 0 Å². The van der Waals surface area contributed by atoms with Gasteiger partial charge in [0.05, 0.1) is 5.60 Å². The van der Waals surface area contributed by atoms with Crippen LogP contribution in [0.5, 0.6) is 0 Å². The molecule has 0 saturated heterocycles. The van der Waals surface area contributed by atoms with Crippen molar-refractivity contribution in [2.75, 3.05) is 0 Å². The summed E-state index contributed by atoms with van der Waals surface area (Å²) in [7, 11) is 0. The molecule has 1 aliphatic carbocycles. The topological polar surface area (TPSA) is 20.2 Å². The molecule has 0 bridgehead atoms. The van der Waals surface area contributed by atoms with Gasteiger partial charge in [-0.05, 0) is 42.9 Å². The zero-order valence-electron chi connectivity index (χ0n) is 9.56. The largest absolute Gasteiger partial charge is 0.389 e. The molecule has 1 nitrogen and oxygen atoms in total. The molecule has 0 spiro atoms. The number of rotatable bonds is 3. The van der Waals surface area contributed by atoms with Crippen molar-refractivity contribution in [3.8, 4) is 0 Å². The lowest BCUT2D eigenvalue weighted by Crippen LogP contribution is -2.36. The highest BCUT2D eigenvalue weighted by molar-refractivity contribution is 5.21. The van der Waals surface area contributed by atoms with Crippen molar-refractivity contribution in [1.29, 1.82) is 0 Å². The van der Waals surface area contributed by atoms with Gasteiger partial charge in [-0.1, -0.05) is 13.0 Å². The van der Waals surface area contributed by atoms with Crippen molar-refractivity contribution >= 4 is 0 Å². The fourth-order valence-electron chi connectivity index (χ4n) is 1.99. The van der Waals surface area contributed by atoms with E-state index in [0.29, 0.717) is 12.0 Å². The van der Waals surface area contributed by atoms with E-state index >= 15 is 0 Å². The molecule has 1 saturated carbocycles. The highest BCUT2D eigenvalue weighted by Gasteiger charge is 2.51. The van der Waals surface area contributed by atoms with Crippen LogP contribution in [0.15, 0.2) is 18.2 Å². The SMILES string of the molecule is CC(O)(Cc1ccc(F)c(F)c1)C1(C)CC1. The quantitative estimate of drug-likeness (QED) is 0.839. The Morgan fingerprint density at radius 2 is 1.94 bits per heavy atom. The van der Waals surface area contributed by atoms with E-state index in [2.05, 4.69) is 0 Å². The lowest BCUT2D eigenvalue weighted by atomic mass is 9.82. The Morgan fingerprint density at radius 3 is 2.44 bits per heavy atom. The van der Waals surface area contributed by atoms with Gasteiger partial charge < -0.3 is 5.11 Å². The van der Waals surface area contributed by atoms with Crippen molar-refractivity contribution in [1.82, 2.24) is 0 Å². The normalized spacial score (nSPS) is 21.6. The van der Waals surface area contributed by atoms with Crippen LogP contribution in [0.25, 0.3) is 0 Å². The molecular formula is C13H16F2O. The molecule has 88 valence electrons. The molecule has 1 fully saturated rings. The summed E-state index contributed by atoms with van der Waals surface area (Å²) in [6, 6.07) is 3.80. The summed E-state index contributed by atoms with van der Waals surface area (Å²) >= 11 is 0. The van der Waals surface area contributed by atoms with Gasteiger partial charge in [-0.3, -0.25) is 0 Å². The van der Waals surface area contributed by atoms with Crippen molar-refractivity contribution < 1.29 is 13.9 Å². The van der Waals surface area contributed by atoms with Gasteiger partial charge in [-0.25, -0.2) is 8.78 Å². The van der Waals surface area contributed by atoms with Gasteiger partial charge in [0, 0.05) is 6.42 Å². The Balaban J connectivity index is 2.17. The standard InChI is InChI=1S/C13H16F2O/c1-12(5-6-12)13(2,16)8-9-3-4-10(14)11(15)7-9/h3-4,7,16H,5-6,8H2,1-2H3. The fraction of sp³-hybridized carbons (Fsp3) is 0.538. The summed E-state index contributed by atoms with van der Waals surface area (Å²) in [6.45, 7) is 3.79. The Hall–Kier alpha value is -0.960. The van der Waals surface area contributed by atoms with E-state index in [4.69, 9.17) is 0 Å². The molecule has 3 heteroatoms. The molecule has 1 aromatic carbocycles. The number of benzene rings is 1. The molecular weight excluding hydrogens is 210 g/mol. The maximum Gasteiger partial charge on any atom is 0.159 e. The Bertz CT molecular complexity index is 408. The van der Waals surface area contributed by atoms with Crippen LogP contribution >= 0.6 is 0 Å². The van der Waals surface area contributed by atoms with Gasteiger partial charge in [0.1, 0.15) is 0 Å². The highest BCUT2D eigenvalue weighted by atomic mass is 19.2. The van der Waals surface area contributed by atoms with E-state index in [9.17, 15) is 13.9 Å². The predicted molar refractivity (Wildman–Crippen MR) is 58.0 cm³/mol. The van der Waals surface area contributed by atoms with E-state index in [1.807, 2.05) is 6.92 Å². The average Bonchev–Trinajstić information content (AvgIpc) is 2.91. The van der Waals surface area contributed by atoms with Gasteiger partial charge in [-0.2, -0.15) is 0 Å². The molecule has 16 heavy (non-hydrogen) atoms. The van der Waals surface area contributed by atoms with E-state index < -0.39 is 17.2 Å². The number of hydrogen-bond acceptors (Lipinski definition) is 1. The second-order valence-electron chi connectivity index (χ2n) is 5.26. The lowest BCUT2D eigenvalue weighted by Gasteiger charge is -2.30.